The fourth-order valence-electron chi connectivity index (χ4n) is 0.777. The van der Waals surface area contributed by atoms with E-state index in [1.54, 1.807) is 0 Å². The minimum Gasteiger partial charge on any atom is -0.412 e. The molecule has 1 heterocycles. The van der Waals surface area contributed by atoms with Crippen LogP contribution in [0.4, 0.5) is 0 Å². The van der Waals surface area contributed by atoms with Gasteiger partial charge in [0, 0.05) is 26.2 Å². The first-order valence-electron chi connectivity index (χ1n) is 2.79. The van der Waals surface area contributed by atoms with Gasteiger partial charge in [0.2, 0.25) is 0 Å². The Balaban J connectivity index is 0. The van der Waals surface area contributed by atoms with Gasteiger partial charge < -0.3 is 21.8 Å². The number of hydrogen-bond donors (Lipinski definition) is 2. The molecule has 58 valence electrons. The van der Waals surface area contributed by atoms with Crippen molar-refractivity contribution < 1.29 is 5.48 Å². The molecule has 9 heavy (non-hydrogen) atoms. The average Bonchev–Trinajstić information content (AvgIpc) is 1.69. The molecule has 0 unspecified atom stereocenters. The normalized spacial score (nSPS) is 19.7. The molecule has 1 aliphatic heterocycles. The number of nitrogens with zero attached hydrogens (tertiary/aromatic N) is 1. The largest absolute Gasteiger partial charge is 0.412 e. The molecule has 1 rings (SSSR count). The van der Waals surface area contributed by atoms with Crippen molar-refractivity contribution in [3.05, 3.63) is 0 Å². The second-order valence-corrected chi connectivity index (χ2v) is 2.05. The van der Waals surface area contributed by atoms with Crippen molar-refractivity contribution in [3.63, 3.8) is 0 Å². The summed E-state index contributed by atoms with van der Waals surface area (Å²) in [5.74, 6) is 0. The molecule has 0 bridgehead atoms. The Hall–Kier alpha value is -0.160. The Morgan fingerprint density at radius 1 is 1.22 bits per heavy atom. The quantitative estimate of drug-likeness (QED) is 0.440. The van der Waals surface area contributed by atoms with E-state index in [1.165, 1.54) is 13.1 Å². The molecule has 4 heteroatoms. The van der Waals surface area contributed by atoms with E-state index in [2.05, 4.69) is 17.3 Å². The van der Waals surface area contributed by atoms with Crippen LogP contribution < -0.4 is 11.5 Å². The second-order valence-electron chi connectivity index (χ2n) is 2.05. The van der Waals surface area contributed by atoms with Crippen LogP contribution in [0.1, 0.15) is 0 Å². The molecule has 0 amide bonds. The maximum absolute atomic E-state index is 3.27. The molecule has 0 saturated carbocycles. The van der Waals surface area contributed by atoms with Gasteiger partial charge >= 0.3 is 0 Å². The molecule has 4 nitrogen and oxygen atoms in total. The van der Waals surface area contributed by atoms with Crippen molar-refractivity contribution in [3.8, 4) is 0 Å². The molecule has 6 N–H and O–H groups in total. The minimum absolute atomic E-state index is 0. The van der Waals surface area contributed by atoms with E-state index >= 15 is 0 Å². The summed E-state index contributed by atoms with van der Waals surface area (Å²) in [6.07, 6.45) is 0. The highest BCUT2D eigenvalue weighted by atomic mass is 16.0. The van der Waals surface area contributed by atoms with Gasteiger partial charge in [-0.05, 0) is 7.05 Å². The highest BCUT2D eigenvalue weighted by molar-refractivity contribution is 4.62. The summed E-state index contributed by atoms with van der Waals surface area (Å²) in [7, 11) is 2.15. The Morgan fingerprint density at radius 2 is 1.67 bits per heavy atom. The van der Waals surface area contributed by atoms with Gasteiger partial charge in [0.05, 0.1) is 0 Å². The highest BCUT2D eigenvalue weighted by Crippen LogP contribution is 1.82. The molecular weight excluding hydrogens is 118 g/mol. The van der Waals surface area contributed by atoms with Crippen LogP contribution in [0.15, 0.2) is 0 Å². The van der Waals surface area contributed by atoms with Crippen molar-refractivity contribution in [2.24, 2.45) is 0 Å². The lowest BCUT2D eigenvalue weighted by Gasteiger charge is -2.21. The summed E-state index contributed by atoms with van der Waals surface area (Å²) in [6, 6.07) is 0. The standard InChI is InChI=1S/C5H12N2.H3N.H2O/c1-7-4-2-6-3-5-7;;/h6H,2-5H2,1H3;1H3;1H2. The number of rotatable bonds is 0. The Kier molecular flexibility index (Phi) is 7.70. The minimum atomic E-state index is 0. The summed E-state index contributed by atoms with van der Waals surface area (Å²) in [4.78, 5) is 2.33. The lowest BCUT2D eigenvalue weighted by atomic mass is 10.4. The molecule has 1 fully saturated rings. The number of nitrogens with one attached hydrogen (secondary N) is 1. The fraction of sp³-hybridized carbons (Fsp3) is 1.00. The third-order valence-electron chi connectivity index (χ3n) is 1.34. The zero-order chi connectivity index (χ0) is 5.11. The molecule has 0 aromatic rings. The monoisotopic (exact) mass is 135 g/mol. The van der Waals surface area contributed by atoms with Gasteiger partial charge in [0.15, 0.2) is 0 Å². The van der Waals surface area contributed by atoms with Crippen molar-refractivity contribution in [2.45, 2.75) is 0 Å². The molecule has 1 aliphatic rings. The Labute approximate surface area is 56.1 Å². The molecule has 0 spiro atoms. The van der Waals surface area contributed by atoms with Crippen LogP contribution in [-0.2, 0) is 0 Å². The van der Waals surface area contributed by atoms with Crippen LogP contribution in [0, 0.1) is 0 Å². The first kappa shape index (κ1) is 11.6. The second kappa shape index (κ2) is 5.97. The smallest absolute Gasteiger partial charge is 0.0104 e. The van der Waals surface area contributed by atoms with E-state index in [1.807, 2.05) is 0 Å². The van der Waals surface area contributed by atoms with Crippen LogP contribution in [0.2, 0.25) is 0 Å². The zero-order valence-electron chi connectivity index (χ0n) is 5.98. The maximum Gasteiger partial charge on any atom is 0.0104 e. The van der Waals surface area contributed by atoms with E-state index in [4.69, 9.17) is 0 Å². The molecule has 0 aromatic carbocycles. The van der Waals surface area contributed by atoms with Gasteiger partial charge in [-0.15, -0.1) is 0 Å². The van der Waals surface area contributed by atoms with E-state index in [0.717, 1.165) is 13.1 Å². The summed E-state index contributed by atoms with van der Waals surface area (Å²) in [6.45, 7) is 4.74. The number of likely N-dealkylation sites (N-methyl/N-ethyl adjacent to an activating group) is 1. The van der Waals surface area contributed by atoms with Crippen molar-refractivity contribution >= 4 is 0 Å². The highest BCUT2D eigenvalue weighted by Gasteiger charge is 2.01. The lowest BCUT2D eigenvalue weighted by Crippen LogP contribution is -2.40. The third kappa shape index (κ3) is 4.35. The first-order valence-corrected chi connectivity index (χ1v) is 2.79. The summed E-state index contributed by atoms with van der Waals surface area (Å²) in [5, 5.41) is 3.27. The molecule has 0 aliphatic carbocycles. The molecule has 0 radical (unpaired) electrons. The van der Waals surface area contributed by atoms with Crippen molar-refractivity contribution in [2.75, 3.05) is 33.2 Å². The average molecular weight is 135 g/mol. The van der Waals surface area contributed by atoms with Crippen LogP contribution >= 0.6 is 0 Å². The van der Waals surface area contributed by atoms with E-state index in [-0.39, 0.29) is 11.6 Å². The Morgan fingerprint density at radius 3 is 1.89 bits per heavy atom. The predicted molar refractivity (Wildman–Crippen MR) is 39.0 cm³/mol. The van der Waals surface area contributed by atoms with E-state index in [0.29, 0.717) is 0 Å². The van der Waals surface area contributed by atoms with Crippen molar-refractivity contribution in [1.29, 1.82) is 0 Å². The molecular formula is C5H17N3O. The van der Waals surface area contributed by atoms with Gasteiger partial charge in [-0.3, -0.25) is 0 Å². The number of hydrogen-bond acceptors (Lipinski definition) is 3. The fourth-order valence-corrected chi connectivity index (χ4v) is 0.777. The van der Waals surface area contributed by atoms with E-state index < -0.39 is 0 Å². The van der Waals surface area contributed by atoms with Gasteiger partial charge in [0.25, 0.3) is 0 Å². The van der Waals surface area contributed by atoms with Gasteiger partial charge in [-0.2, -0.15) is 0 Å². The zero-order valence-corrected chi connectivity index (χ0v) is 5.98. The van der Waals surface area contributed by atoms with Crippen LogP contribution in [-0.4, -0.2) is 43.6 Å². The predicted octanol–water partition coefficient (Wildman–Crippen LogP) is -1.14. The van der Waals surface area contributed by atoms with Gasteiger partial charge in [-0.25, -0.2) is 0 Å². The third-order valence-corrected chi connectivity index (χ3v) is 1.34. The molecule has 0 atom stereocenters. The van der Waals surface area contributed by atoms with Crippen LogP contribution in [0.3, 0.4) is 0 Å². The first-order chi connectivity index (χ1) is 3.39. The molecule has 0 aromatic heterocycles. The number of piperazine rings is 1. The SMILES string of the molecule is CN1CCNCC1.N.O. The summed E-state index contributed by atoms with van der Waals surface area (Å²) in [5.41, 5.74) is 0. The van der Waals surface area contributed by atoms with Gasteiger partial charge in [0.1, 0.15) is 0 Å². The molecule has 1 saturated heterocycles. The lowest BCUT2D eigenvalue weighted by molar-refractivity contribution is 0.291. The van der Waals surface area contributed by atoms with Gasteiger partial charge in [-0.1, -0.05) is 0 Å². The summed E-state index contributed by atoms with van der Waals surface area (Å²) < 4.78 is 0. The Bertz CT molecular complexity index is 54.2. The van der Waals surface area contributed by atoms with Crippen LogP contribution in [0.25, 0.3) is 0 Å². The maximum atomic E-state index is 3.27. The van der Waals surface area contributed by atoms with Crippen molar-refractivity contribution in [1.82, 2.24) is 16.4 Å². The van der Waals surface area contributed by atoms with Crippen LogP contribution in [0.5, 0.6) is 0 Å². The topological polar surface area (TPSA) is 81.8 Å². The van der Waals surface area contributed by atoms with E-state index in [9.17, 15) is 0 Å². The summed E-state index contributed by atoms with van der Waals surface area (Å²) >= 11 is 0.